The standard InChI is InChI=1S/C38H32ClFN2O7S/c1-5-48-37(44)32-33(24-9-7-6-8-10-24)41-38-42(34(32)25-13-16-28(45-2)29(20-25)46-3)36(43)31(50-38)19-23-17-27(39)35(30(18-23)47-4)49-21-22-11-14-26(40)15-12-22/h6-20,34H,5,21H2,1-4H3/b31-19-/t34-/m0/s1. The molecule has 0 bridgehead atoms. The first-order valence-electron chi connectivity index (χ1n) is 15.5. The minimum absolute atomic E-state index is 0.125. The third kappa shape index (κ3) is 6.87. The highest BCUT2D eigenvalue weighted by atomic mass is 35.5. The third-order valence-electron chi connectivity index (χ3n) is 7.94. The van der Waals surface area contributed by atoms with Crippen LogP contribution in [-0.4, -0.2) is 38.5 Å². The molecule has 1 atom stereocenters. The van der Waals surface area contributed by atoms with Crippen molar-refractivity contribution < 1.29 is 32.9 Å². The van der Waals surface area contributed by atoms with E-state index in [1.807, 2.05) is 30.3 Å². The van der Waals surface area contributed by atoms with Crippen molar-refractivity contribution in [3.8, 4) is 23.0 Å². The lowest BCUT2D eigenvalue weighted by Crippen LogP contribution is -2.40. The Hall–Kier alpha value is -5.39. The topological polar surface area (TPSA) is 97.6 Å². The Kier molecular flexibility index (Phi) is 10.4. The second-order valence-corrected chi connectivity index (χ2v) is 12.4. The van der Waals surface area contributed by atoms with Crippen LogP contribution in [0.15, 0.2) is 100 Å². The molecule has 0 spiro atoms. The molecule has 0 N–H and O–H groups in total. The molecule has 0 saturated heterocycles. The van der Waals surface area contributed by atoms with E-state index in [1.54, 1.807) is 55.5 Å². The molecule has 0 unspecified atom stereocenters. The van der Waals surface area contributed by atoms with Gasteiger partial charge in [-0.05, 0) is 66.1 Å². The average Bonchev–Trinajstić information content (AvgIpc) is 3.44. The molecule has 256 valence electrons. The minimum Gasteiger partial charge on any atom is -0.493 e. The molecule has 6 rings (SSSR count). The number of fused-ring (bicyclic) bond motifs is 1. The lowest BCUT2D eigenvalue weighted by molar-refractivity contribution is -0.138. The normalized spacial score (nSPS) is 14.1. The van der Waals surface area contributed by atoms with Crippen LogP contribution in [-0.2, 0) is 16.1 Å². The molecule has 9 nitrogen and oxygen atoms in total. The third-order valence-corrected chi connectivity index (χ3v) is 9.21. The largest absolute Gasteiger partial charge is 0.493 e. The van der Waals surface area contributed by atoms with Crippen molar-refractivity contribution in [3.63, 3.8) is 0 Å². The summed E-state index contributed by atoms with van der Waals surface area (Å²) in [5.41, 5.74) is 2.81. The van der Waals surface area contributed by atoms with Gasteiger partial charge in [-0.25, -0.2) is 14.2 Å². The molecule has 1 aliphatic rings. The van der Waals surface area contributed by atoms with Crippen LogP contribution in [0.25, 0.3) is 11.8 Å². The van der Waals surface area contributed by atoms with Crippen molar-refractivity contribution in [2.24, 2.45) is 4.99 Å². The van der Waals surface area contributed by atoms with E-state index in [9.17, 15) is 14.0 Å². The summed E-state index contributed by atoms with van der Waals surface area (Å²) < 4.78 is 43.4. The monoisotopic (exact) mass is 714 g/mol. The molecule has 0 saturated carbocycles. The Morgan fingerprint density at radius 3 is 2.34 bits per heavy atom. The maximum Gasteiger partial charge on any atom is 0.338 e. The number of hydrogen-bond donors (Lipinski definition) is 0. The number of methoxy groups -OCH3 is 3. The van der Waals surface area contributed by atoms with Crippen LogP contribution in [0.1, 0.15) is 35.2 Å². The molecule has 0 amide bonds. The van der Waals surface area contributed by atoms with Crippen LogP contribution >= 0.6 is 22.9 Å². The summed E-state index contributed by atoms with van der Waals surface area (Å²) in [7, 11) is 4.53. The van der Waals surface area contributed by atoms with Gasteiger partial charge in [0.05, 0.1) is 54.8 Å². The fraction of sp³-hybridized carbons (Fsp3) is 0.184. The fourth-order valence-corrected chi connectivity index (χ4v) is 6.90. The number of thiazole rings is 1. The van der Waals surface area contributed by atoms with Crippen molar-refractivity contribution in [2.45, 2.75) is 19.6 Å². The number of rotatable bonds is 11. The lowest BCUT2D eigenvalue weighted by Gasteiger charge is -2.26. The molecule has 2 heterocycles. The average molecular weight is 715 g/mol. The van der Waals surface area contributed by atoms with Crippen LogP contribution in [0.4, 0.5) is 4.39 Å². The van der Waals surface area contributed by atoms with Crippen LogP contribution < -0.4 is 33.8 Å². The van der Waals surface area contributed by atoms with Gasteiger partial charge in [0, 0.05) is 5.56 Å². The van der Waals surface area contributed by atoms with Gasteiger partial charge >= 0.3 is 5.97 Å². The van der Waals surface area contributed by atoms with Crippen molar-refractivity contribution in [1.29, 1.82) is 0 Å². The van der Waals surface area contributed by atoms with E-state index in [0.29, 0.717) is 54.7 Å². The Labute approximate surface area is 296 Å². The van der Waals surface area contributed by atoms with Crippen molar-refractivity contribution in [3.05, 3.63) is 143 Å². The number of nitrogens with zero attached hydrogens (tertiary/aromatic N) is 2. The van der Waals surface area contributed by atoms with E-state index in [-0.39, 0.29) is 35.2 Å². The number of esters is 1. The first-order chi connectivity index (χ1) is 24.3. The summed E-state index contributed by atoms with van der Waals surface area (Å²) in [5.74, 6) is 0.621. The Morgan fingerprint density at radius 1 is 0.940 bits per heavy atom. The van der Waals surface area contributed by atoms with Gasteiger partial charge in [0.25, 0.3) is 5.56 Å². The summed E-state index contributed by atoms with van der Waals surface area (Å²) in [6, 6.07) is 22.9. The molecule has 1 aromatic heterocycles. The number of carbonyl (C=O) groups is 1. The Morgan fingerprint density at radius 2 is 1.66 bits per heavy atom. The molecule has 0 aliphatic carbocycles. The van der Waals surface area contributed by atoms with E-state index >= 15 is 0 Å². The number of hydrogen-bond acceptors (Lipinski definition) is 9. The van der Waals surface area contributed by atoms with Crippen molar-refractivity contribution in [2.75, 3.05) is 27.9 Å². The minimum atomic E-state index is -0.914. The van der Waals surface area contributed by atoms with Crippen LogP contribution in [0.3, 0.4) is 0 Å². The number of carbonyl (C=O) groups excluding carboxylic acids is 1. The van der Waals surface area contributed by atoms with Gasteiger partial charge < -0.3 is 23.7 Å². The van der Waals surface area contributed by atoms with Crippen LogP contribution in [0.5, 0.6) is 23.0 Å². The summed E-state index contributed by atoms with van der Waals surface area (Å²) in [6.07, 6.45) is 1.68. The highest BCUT2D eigenvalue weighted by Gasteiger charge is 2.35. The Bertz CT molecular complexity index is 2270. The SMILES string of the molecule is CCOC(=O)C1=C(c2ccccc2)N=c2s/c(=C\c3cc(Cl)c(OCc4ccc(F)cc4)c(OC)c3)c(=O)n2[C@H]1c1ccc(OC)c(OC)c1. The maximum absolute atomic E-state index is 14.4. The zero-order chi connectivity index (χ0) is 35.4. The Balaban J connectivity index is 1.51. The van der Waals surface area contributed by atoms with Gasteiger partial charge in [0.15, 0.2) is 27.8 Å². The molecule has 12 heteroatoms. The quantitative estimate of drug-likeness (QED) is 0.148. The summed E-state index contributed by atoms with van der Waals surface area (Å²) in [4.78, 5) is 33.4. The summed E-state index contributed by atoms with van der Waals surface area (Å²) in [5, 5.41) is 0.254. The van der Waals surface area contributed by atoms with Gasteiger partial charge in [-0.15, -0.1) is 0 Å². The highest BCUT2D eigenvalue weighted by molar-refractivity contribution is 7.07. The smallest absolute Gasteiger partial charge is 0.338 e. The van der Waals surface area contributed by atoms with Gasteiger partial charge in [0.1, 0.15) is 12.4 Å². The molecule has 0 radical (unpaired) electrons. The van der Waals surface area contributed by atoms with E-state index in [2.05, 4.69) is 0 Å². The molecule has 50 heavy (non-hydrogen) atoms. The predicted octanol–water partition coefficient (Wildman–Crippen LogP) is 6.33. The van der Waals surface area contributed by atoms with Crippen molar-refractivity contribution in [1.82, 2.24) is 4.57 Å². The summed E-state index contributed by atoms with van der Waals surface area (Å²) >= 11 is 7.85. The van der Waals surface area contributed by atoms with E-state index in [0.717, 1.165) is 5.56 Å². The molecular weight excluding hydrogens is 683 g/mol. The zero-order valence-electron chi connectivity index (χ0n) is 27.6. The molecular formula is C38H32ClFN2O7S. The van der Waals surface area contributed by atoms with Crippen molar-refractivity contribution >= 4 is 40.7 Å². The number of ether oxygens (including phenoxy) is 5. The fourth-order valence-electron chi connectivity index (χ4n) is 5.63. The lowest BCUT2D eigenvalue weighted by atomic mass is 9.93. The van der Waals surface area contributed by atoms with Gasteiger partial charge in [0.2, 0.25) is 0 Å². The van der Waals surface area contributed by atoms with Gasteiger partial charge in [-0.2, -0.15) is 0 Å². The van der Waals surface area contributed by atoms with Gasteiger partial charge in [-0.1, -0.05) is 71.5 Å². The maximum atomic E-state index is 14.4. The number of halogens is 2. The molecule has 0 fully saturated rings. The number of benzene rings is 4. The van der Waals surface area contributed by atoms with Gasteiger partial charge in [-0.3, -0.25) is 9.36 Å². The van der Waals surface area contributed by atoms with E-state index in [4.69, 9.17) is 40.3 Å². The van der Waals surface area contributed by atoms with Crippen LogP contribution in [0, 0.1) is 5.82 Å². The molecule has 4 aromatic carbocycles. The van der Waals surface area contributed by atoms with E-state index in [1.165, 1.54) is 49.4 Å². The van der Waals surface area contributed by atoms with E-state index < -0.39 is 12.0 Å². The first-order valence-corrected chi connectivity index (χ1v) is 16.7. The summed E-state index contributed by atoms with van der Waals surface area (Å²) in [6.45, 7) is 1.98. The van der Waals surface area contributed by atoms with Crippen LogP contribution in [0.2, 0.25) is 5.02 Å². The number of aromatic nitrogens is 1. The second-order valence-electron chi connectivity index (χ2n) is 11.0. The predicted molar refractivity (Wildman–Crippen MR) is 189 cm³/mol. The second kappa shape index (κ2) is 15.0. The molecule has 1 aliphatic heterocycles. The highest BCUT2D eigenvalue weighted by Crippen LogP contribution is 2.39. The zero-order valence-corrected chi connectivity index (χ0v) is 29.1. The molecule has 5 aromatic rings. The first kappa shape index (κ1) is 34.5.